The number of nitrogens with zero attached hydrogens (tertiary/aromatic N) is 2. The summed E-state index contributed by atoms with van der Waals surface area (Å²) in [6.07, 6.45) is -4.44. The normalized spacial score (nSPS) is 15.6. The van der Waals surface area contributed by atoms with Crippen LogP contribution in [0.3, 0.4) is 0 Å². The molecule has 0 radical (unpaired) electrons. The van der Waals surface area contributed by atoms with Gasteiger partial charge in [0.15, 0.2) is 0 Å². The molecule has 1 N–H and O–H groups in total. The molecule has 144 valence electrons. The lowest BCUT2D eigenvalue weighted by atomic mass is 10.2. The SMILES string of the molecule is O=C(Nc1cccc(C(F)(F)F)c1)N1CCN(Cc2ccc(Cl)cc2)CC1. The van der Waals surface area contributed by atoms with Crippen molar-refractivity contribution in [3.63, 3.8) is 0 Å². The van der Waals surface area contributed by atoms with Crippen molar-refractivity contribution in [2.45, 2.75) is 12.7 Å². The van der Waals surface area contributed by atoms with Gasteiger partial charge in [0.05, 0.1) is 5.56 Å². The number of carbonyl (C=O) groups is 1. The van der Waals surface area contributed by atoms with E-state index in [9.17, 15) is 18.0 Å². The lowest BCUT2D eigenvalue weighted by molar-refractivity contribution is -0.137. The Morgan fingerprint density at radius 1 is 1.04 bits per heavy atom. The van der Waals surface area contributed by atoms with Gasteiger partial charge in [-0.2, -0.15) is 13.2 Å². The summed E-state index contributed by atoms with van der Waals surface area (Å²) in [6, 6.07) is 11.9. The third-order valence-corrected chi connectivity index (χ3v) is 4.67. The van der Waals surface area contributed by atoms with E-state index >= 15 is 0 Å². The van der Waals surface area contributed by atoms with Gasteiger partial charge in [-0.1, -0.05) is 29.8 Å². The number of alkyl halides is 3. The van der Waals surface area contributed by atoms with E-state index in [1.807, 2.05) is 24.3 Å². The molecule has 0 atom stereocenters. The number of rotatable bonds is 3. The Morgan fingerprint density at radius 2 is 1.70 bits per heavy atom. The number of hydrogen-bond acceptors (Lipinski definition) is 2. The minimum absolute atomic E-state index is 0.137. The van der Waals surface area contributed by atoms with Crippen LogP contribution in [0.1, 0.15) is 11.1 Å². The molecule has 4 nitrogen and oxygen atoms in total. The summed E-state index contributed by atoms with van der Waals surface area (Å²) >= 11 is 5.88. The summed E-state index contributed by atoms with van der Waals surface area (Å²) in [6.45, 7) is 3.17. The van der Waals surface area contributed by atoms with E-state index in [1.54, 1.807) is 4.90 Å². The lowest BCUT2D eigenvalue weighted by Crippen LogP contribution is -2.49. The minimum Gasteiger partial charge on any atom is -0.322 e. The number of hydrogen-bond donors (Lipinski definition) is 1. The number of amides is 2. The third-order valence-electron chi connectivity index (χ3n) is 4.42. The molecule has 3 rings (SSSR count). The number of benzene rings is 2. The number of anilines is 1. The van der Waals surface area contributed by atoms with Gasteiger partial charge in [0, 0.05) is 43.4 Å². The smallest absolute Gasteiger partial charge is 0.322 e. The molecule has 0 bridgehead atoms. The van der Waals surface area contributed by atoms with Crippen molar-refractivity contribution >= 4 is 23.3 Å². The van der Waals surface area contributed by atoms with Crippen molar-refractivity contribution in [3.05, 3.63) is 64.7 Å². The standard InChI is InChI=1S/C19H19ClF3N3O/c20-16-6-4-14(5-7-16)13-25-8-10-26(11-9-25)18(27)24-17-3-1-2-15(12-17)19(21,22)23/h1-7,12H,8-11,13H2,(H,24,27). The molecule has 8 heteroatoms. The molecule has 2 aromatic carbocycles. The summed E-state index contributed by atoms with van der Waals surface area (Å²) in [5, 5.41) is 3.24. The average Bonchev–Trinajstić information content (AvgIpc) is 2.64. The van der Waals surface area contributed by atoms with Gasteiger partial charge < -0.3 is 10.2 Å². The Balaban J connectivity index is 1.52. The first kappa shape index (κ1) is 19.5. The third kappa shape index (κ3) is 5.37. The second-order valence-corrected chi connectivity index (χ2v) is 6.83. The molecule has 1 saturated heterocycles. The van der Waals surface area contributed by atoms with Gasteiger partial charge in [-0.25, -0.2) is 4.79 Å². The highest BCUT2D eigenvalue weighted by molar-refractivity contribution is 6.30. The van der Waals surface area contributed by atoms with Gasteiger partial charge in [-0.05, 0) is 35.9 Å². The summed E-state index contributed by atoms with van der Waals surface area (Å²) in [4.78, 5) is 16.2. The summed E-state index contributed by atoms with van der Waals surface area (Å²) in [5.74, 6) is 0. The summed E-state index contributed by atoms with van der Waals surface area (Å²) < 4.78 is 38.3. The van der Waals surface area contributed by atoms with Crippen molar-refractivity contribution in [1.29, 1.82) is 0 Å². The zero-order chi connectivity index (χ0) is 19.4. The van der Waals surface area contributed by atoms with E-state index in [4.69, 9.17) is 11.6 Å². The predicted octanol–water partition coefficient (Wildman–Crippen LogP) is 4.71. The van der Waals surface area contributed by atoms with Crippen molar-refractivity contribution in [1.82, 2.24) is 9.80 Å². The van der Waals surface area contributed by atoms with Gasteiger partial charge in [-0.15, -0.1) is 0 Å². The van der Waals surface area contributed by atoms with Gasteiger partial charge in [-0.3, -0.25) is 4.90 Å². The fraction of sp³-hybridized carbons (Fsp3) is 0.316. The van der Waals surface area contributed by atoms with Crippen LogP contribution in [0, 0.1) is 0 Å². The first-order chi connectivity index (χ1) is 12.8. The number of carbonyl (C=O) groups excluding carboxylic acids is 1. The van der Waals surface area contributed by atoms with E-state index in [1.165, 1.54) is 12.1 Å². The second-order valence-electron chi connectivity index (χ2n) is 6.40. The molecule has 27 heavy (non-hydrogen) atoms. The van der Waals surface area contributed by atoms with Crippen LogP contribution >= 0.6 is 11.6 Å². The minimum atomic E-state index is -4.44. The fourth-order valence-electron chi connectivity index (χ4n) is 2.93. The number of piperazine rings is 1. The van der Waals surface area contributed by atoms with E-state index in [2.05, 4.69) is 10.2 Å². The summed E-state index contributed by atoms with van der Waals surface area (Å²) in [5.41, 5.74) is 0.493. The Morgan fingerprint density at radius 3 is 2.33 bits per heavy atom. The molecule has 1 heterocycles. The molecular formula is C19H19ClF3N3O. The van der Waals surface area contributed by atoms with Crippen LogP contribution in [0.2, 0.25) is 5.02 Å². The highest BCUT2D eigenvalue weighted by Gasteiger charge is 2.30. The predicted molar refractivity (Wildman–Crippen MR) is 98.8 cm³/mol. The first-order valence-electron chi connectivity index (χ1n) is 8.51. The molecule has 1 fully saturated rings. The Bertz CT molecular complexity index is 788. The molecule has 1 aliphatic heterocycles. The van der Waals surface area contributed by atoms with Crippen LogP contribution in [-0.2, 0) is 12.7 Å². The fourth-order valence-corrected chi connectivity index (χ4v) is 3.06. The van der Waals surface area contributed by atoms with E-state index in [-0.39, 0.29) is 11.7 Å². The Hall–Kier alpha value is -2.25. The first-order valence-corrected chi connectivity index (χ1v) is 8.89. The van der Waals surface area contributed by atoms with Crippen molar-refractivity contribution in [2.24, 2.45) is 0 Å². The molecule has 0 unspecified atom stereocenters. The van der Waals surface area contributed by atoms with Crippen LogP contribution in [0.5, 0.6) is 0 Å². The maximum atomic E-state index is 12.8. The molecular weight excluding hydrogens is 379 g/mol. The molecule has 0 aliphatic carbocycles. The van der Waals surface area contributed by atoms with Crippen LogP contribution < -0.4 is 5.32 Å². The molecule has 0 spiro atoms. The van der Waals surface area contributed by atoms with Crippen LogP contribution in [0.4, 0.5) is 23.7 Å². The van der Waals surface area contributed by atoms with Gasteiger partial charge in [0.2, 0.25) is 0 Å². The quantitative estimate of drug-likeness (QED) is 0.814. The van der Waals surface area contributed by atoms with E-state index in [0.717, 1.165) is 24.2 Å². The maximum Gasteiger partial charge on any atom is 0.416 e. The lowest BCUT2D eigenvalue weighted by Gasteiger charge is -2.34. The van der Waals surface area contributed by atoms with Gasteiger partial charge in [0.1, 0.15) is 0 Å². The molecule has 1 aliphatic rings. The number of halogens is 4. The number of urea groups is 1. The second kappa shape index (κ2) is 8.19. The van der Waals surface area contributed by atoms with Gasteiger partial charge >= 0.3 is 12.2 Å². The van der Waals surface area contributed by atoms with Crippen LogP contribution in [-0.4, -0.2) is 42.0 Å². The number of nitrogens with one attached hydrogen (secondary N) is 1. The molecule has 0 saturated carbocycles. The Kier molecular flexibility index (Phi) is 5.92. The van der Waals surface area contributed by atoms with Crippen molar-refractivity contribution in [2.75, 3.05) is 31.5 Å². The van der Waals surface area contributed by atoms with E-state index in [0.29, 0.717) is 31.2 Å². The highest BCUT2D eigenvalue weighted by atomic mass is 35.5. The summed E-state index contributed by atoms with van der Waals surface area (Å²) in [7, 11) is 0. The Labute approximate surface area is 160 Å². The van der Waals surface area contributed by atoms with Crippen LogP contribution in [0.25, 0.3) is 0 Å². The van der Waals surface area contributed by atoms with Crippen molar-refractivity contribution in [3.8, 4) is 0 Å². The zero-order valence-corrected chi connectivity index (χ0v) is 15.2. The van der Waals surface area contributed by atoms with Crippen molar-refractivity contribution < 1.29 is 18.0 Å². The average molecular weight is 398 g/mol. The van der Waals surface area contributed by atoms with Gasteiger partial charge in [0.25, 0.3) is 0 Å². The molecule has 0 aromatic heterocycles. The molecule has 2 aromatic rings. The highest BCUT2D eigenvalue weighted by Crippen LogP contribution is 2.30. The monoisotopic (exact) mass is 397 g/mol. The molecule has 2 amide bonds. The maximum absolute atomic E-state index is 12.8. The van der Waals surface area contributed by atoms with Crippen LogP contribution in [0.15, 0.2) is 48.5 Å². The zero-order valence-electron chi connectivity index (χ0n) is 14.5. The largest absolute Gasteiger partial charge is 0.416 e. The topological polar surface area (TPSA) is 35.6 Å². The van der Waals surface area contributed by atoms with E-state index < -0.39 is 11.7 Å².